The number of rotatable bonds is 2. The van der Waals surface area contributed by atoms with Gasteiger partial charge in [0.25, 0.3) is 0 Å². The zero-order chi connectivity index (χ0) is 12.8. The summed E-state index contributed by atoms with van der Waals surface area (Å²) >= 11 is 0. The molecule has 1 N–H and O–H groups in total. The number of carboxylic acid groups (broad SMARTS) is 1. The quantitative estimate of drug-likeness (QED) is 0.861. The maximum absolute atomic E-state index is 11.5. The van der Waals surface area contributed by atoms with Crippen LogP contribution in [-0.2, 0) is 4.79 Å². The predicted molar refractivity (Wildman–Crippen MR) is 65.6 cm³/mol. The molecule has 0 amide bonds. The van der Waals surface area contributed by atoms with E-state index in [1.807, 2.05) is 11.0 Å². The van der Waals surface area contributed by atoms with Crippen LogP contribution in [0.5, 0.6) is 0 Å². The molecule has 0 saturated carbocycles. The number of aliphatic carboxylic acids is 1. The van der Waals surface area contributed by atoms with Gasteiger partial charge in [-0.2, -0.15) is 5.10 Å². The second-order valence-electron chi connectivity index (χ2n) is 4.75. The van der Waals surface area contributed by atoms with Gasteiger partial charge in [0.2, 0.25) is 0 Å². The molecule has 2 aromatic heterocycles. The summed E-state index contributed by atoms with van der Waals surface area (Å²) in [5.41, 5.74) is -0.0362. The van der Waals surface area contributed by atoms with Crippen molar-refractivity contribution in [1.29, 1.82) is 0 Å². The molecule has 0 aromatic carbocycles. The van der Waals surface area contributed by atoms with Crippen LogP contribution in [-0.4, -0.2) is 37.8 Å². The van der Waals surface area contributed by atoms with Gasteiger partial charge < -0.3 is 10.0 Å². The molecule has 1 aliphatic rings. The van der Waals surface area contributed by atoms with E-state index < -0.39 is 11.5 Å². The molecule has 0 aliphatic carbocycles. The van der Waals surface area contributed by atoms with Gasteiger partial charge in [0.1, 0.15) is 11.1 Å². The SMILES string of the molecule is CC1(C(=O)O)CCCN1c1nccn2nccc12. The monoisotopic (exact) mass is 246 g/mol. The van der Waals surface area contributed by atoms with Crippen molar-refractivity contribution >= 4 is 17.3 Å². The minimum absolute atomic E-state index is 0.638. The van der Waals surface area contributed by atoms with Gasteiger partial charge >= 0.3 is 5.97 Å². The number of anilines is 1. The van der Waals surface area contributed by atoms with Crippen molar-refractivity contribution in [2.45, 2.75) is 25.3 Å². The predicted octanol–water partition coefficient (Wildman–Crippen LogP) is 1.17. The first kappa shape index (κ1) is 11.0. The Bertz CT molecular complexity index is 609. The second kappa shape index (κ2) is 3.69. The Labute approximate surface area is 104 Å². The number of hydrogen-bond acceptors (Lipinski definition) is 4. The van der Waals surface area contributed by atoms with Crippen LogP contribution in [0.15, 0.2) is 24.7 Å². The molecule has 0 radical (unpaired) electrons. The van der Waals surface area contributed by atoms with Gasteiger partial charge in [-0.15, -0.1) is 0 Å². The lowest BCUT2D eigenvalue weighted by atomic mass is 9.99. The number of carboxylic acids is 1. The highest BCUT2D eigenvalue weighted by Crippen LogP contribution is 2.34. The Balaban J connectivity index is 2.14. The van der Waals surface area contributed by atoms with E-state index in [0.29, 0.717) is 18.8 Å². The average Bonchev–Trinajstić information content (AvgIpc) is 2.95. The number of nitrogens with zero attached hydrogens (tertiary/aromatic N) is 4. The highest BCUT2D eigenvalue weighted by atomic mass is 16.4. The first-order valence-corrected chi connectivity index (χ1v) is 5.92. The first-order chi connectivity index (χ1) is 8.63. The Kier molecular flexibility index (Phi) is 2.26. The summed E-state index contributed by atoms with van der Waals surface area (Å²) < 4.78 is 1.71. The fourth-order valence-electron chi connectivity index (χ4n) is 2.58. The van der Waals surface area contributed by atoms with Crippen molar-refractivity contribution < 1.29 is 9.90 Å². The Hall–Kier alpha value is -2.11. The van der Waals surface area contributed by atoms with E-state index in [-0.39, 0.29) is 0 Å². The molecule has 3 heterocycles. The molecule has 1 saturated heterocycles. The Morgan fingerprint density at radius 1 is 1.50 bits per heavy atom. The third kappa shape index (κ3) is 1.38. The second-order valence-corrected chi connectivity index (χ2v) is 4.75. The van der Waals surface area contributed by atoms with E-state index in [1.54, 1.807) is 30.0 Å². The molecule has 1 atom stereocenters. The van der Waals surface area contributed by atoms with E-state index >= 15 is 0 Å². The zero-order valence-electron chi connectivity index (χ0n) is 10.1. The van der Waals surface area contributed by atoms with Crippen molar-refractivity contribution in [2.75, 3.05) is 11.4 Å². The van der Waals surface area contributed by atoms with Gasteiger partial charge in [0, 0.05) is 18.9 Å². The van der Waals surface area contributed by atoms with Crippen molar-refractivity contribution in [3.8, 4) is 0 Å². The normalized spacial score (nSPS) is 23.7. The number of hydrogen-bond donors (Lipinski definition) is 1. The molecule has 0 bridgehead atoms. The molecule has 0 spiro atoms. The van der Waals surface area contributed by atoms with Gasteiger partial charge in [-0.25, -0.2) is 14.3 Å². The summed E-state index contributed by atoms with van der Waals surface area (Å²) in [6, 6.07) is 1.85. The van der Waals surface area contributed by atoms with Gasteiger partial charge in [0.05, 0.1) is 6.20 Å². The largest absolute Gasteiger partial charge is 0.480 e. The van der Waals surface area contributed by atoms with Crippen LogP contribution in [0.4, 0.5) is 5.82 Å². The molecule has 94 valence electrons. The van der Waals surface area contributed by atoms with Crippen LogP contribution in [0.2, 0.25) is 0 Å². The molecule has 1 aliphatic heterocycles. The van der Waals surface area contributed by atoms with Gasteiger partial charge in [-0.05, 0) is 25.8 Å². The van der Waals surface area contributed by atoms with Crippen LogP contribution in [0.3, 0.4) is 0 Å². The first-order valence-electron chi connectivity index (χ1n) is 5.92. The lowest BCUT2D eigenvalue weighted by Crippen LogP contribution is -2.48. The topological polar surface area (TPSA) is 70.7 Å². The van der Waals surface area contributed by atoms with Gasteiger partial charge in [0.15, 0.2) is 5.82 Å². The van der Waals surface area contributed by atoms with Crippen molar-refractivity contribution in [3.63, 3.8) is 0 Å². The smallest absolute Gasteiger partial charge is 0.329 e. The van der Waals surface area contributed by atoms with E-state index in [2.05, 4.69) is 10.1 Å². The summed E-state index contributed by atoms with van der Waals surface area (Å²) in [4.78, 5) is 17.7. The molecule has 6 nitrogen and oxygen atoms in total. The molecule has 6 heteroatoms. The van der Waals surface area contributed by atoms with Crippen LogP contribution in [0.1, 0.15) is 19.8 Å². The Morgan fingerprint density at radius 2 is 2.33 bits per heavy atom. The fraction of sp³-hybridized carbons (Fsp3) is 0.417. The van der Waals surface area contributed by atoms with Crippen LogP contribution < -0.4 is 4.90 Å². The van der Waals surface area contributed by atoms with E-state index in [4.69, 9.17) is 0 Å². The summed E-state index contributed by atoms with van der Waals surface area (Å²) in [5.74, 6) is -0.110. The molecular formula is C12H14N4O2. The molecule has 1 unspecified atom stereocenters. The summed E-state index contributed by atoms with van der Waals surface area (Å²) in [6.07, 6.45) is 6.59. The minimum Gasteiger partial charge on any atom is -0.480 e. The standard InChI is InChI=1S/C12H14N4O2/c1-12(11(17)18)4-2-7-15(12)10-9-3-5-14-16(9)8-6-13-10/h3,5-6,8H,2,4,7H2,1H3,(H,17,18). The van der Waals surface area contributed by atoms with Gasteiger partial charge in [-0.3, -0.25) is 0 Å². The molecular weight excluding hydrogens is 232 g/mol. The number of aromatic nitrogens is 3. The molecule has 2 aromatic rings. The molecule has 1 fully saturated rings. The summed E-state index contributed by atoms with van der Waals surface area (Å²) in [6.45, 7) is 2.46. The Morgan fingerprint density at radius 3 is 3.11 bits per heavy atom. The van der Waals surface area contributed by atoms with Gasteiger partial charge in [-0.1, -0.05) is 0 Å². The maximum atomic E-state index is 11.5. The van der Waals surface area contributed by atoms with Crippen LogP contribution in [0.25, 0.3) is 5.52 Å². The molecule has 3 rings (SSSR count). The molecule has 18 heavy (non-hydrogen) atoms. The minimum atomic E-state index is -0.876. The van der Waals surface area contributed by atoms with E-state index in [0.717, 1.165) is 11.9 Å². The summed E-state index contributed by atoms with van der Waals surface area (Å²) in [7, 11) is 0. The lowest BCUT2D eigenvalue weighted by molar-refractivity contribution is -0.142. The third-order valence-electron chi connectivity index (χ3n) is 3.66. The lowest BCUT2D eigenvalue weighted by Gasteiger charge is -2.32. The fourth-order valence-corrected chi connectivity index (χ4v) is 2.58. The number of carbonyl (C=O) groups is 1. The van der Waals surface area contributed by atoms with Crippen molar-refractivity contribution in [3.05, 3.63) is 24.7 Å². The number of fused-ring (bicyclic) bond motifs is 1. The van der Waals surface area contributed by atoms with Crippen molar-refractivity contribution in [1.82, 2.24) is 14.6 Å². The zero-order valence-corrected chi connectivity index (χ0v) is 10.1. The maximum Gasteiger partial charge on any atom is 0.329 e. The van der Waals surface area contributed by atoms with E-state index in [9.17, 15) is 9.90 Å². The summed E-state index contributed by atoms with van der Waals surface area (Å²) in [5, 5.41) is 13.6. The van der Waals surface area contributed by atoms with E-state index in [1.165, 1.54) is 0 Å². The average molecular weight is 246 g/mol. The van der Waals surface area contributed by atoms with Crippen LogP contribution in [0, 0.1) is 0 Å². The highest BCUT2D eigenvalue weighted by molar-refractivity contribution is 5.86. The van der Waals surface area contributed by atoms with Crippen molar-refractivity contribution in [2.24, 2.45) is 0 Å². The highest BCUT2D eigenvalue weighted by Gasteiger charge is 2.44. The van der Waals surface area contributed by atoms with Crippen LogP contribution >= 0.6 is 0 Å². The third-order valence-corrected chi connectivity index (χ3v) is 3.66.